The lowest BCUT2D eigenvalue weighted by atomic mass is 9.81. The fourth-order valence-corrected chi connectivity index (χ4v) is 1.42. The largest absolute Gasteiger partial charge is 0.601 e. The number of hydrogen-bond acceptors (Lipinski definition) is 5. The summed E-state index contributed by atoms with van der Waals surface area (Å²) in [6, 6.07) is 0. The predicted molar refractivity (Wildman–Crippen MR) is 48.4 cm³/mol. The van der Waals surface area contributed by atoms with Gasteiger partial charge in [-0.1, -0.05) is 0 Å². The normalized spacial score (nSPS) is 25.1. The molecule has 0 radical (unpaired) electrons. The van der Waals surface area contributed by atoms with Crippen LogP contribution in [0.3, 0.4) is 0 Å². The monoisotopic (exact) mass is 197 g/mol. The molecule has 0 spiro atoms. The van der Waals surface area contributed by atoms with Gasteiger partial charge in [-0.2, -0.15) is 0 Å². The van der Waals surface area contributed by atoms with Crippen LogP contribution in [0.15, 0.2) is 0 Å². The zero-order valence-corrected chi connectivity index (χ0v) is 8.06. The molecule has 6 heteroatoms. The Morgan fingerprint density at radius 2 is 1.71 bits per heavy atom. The Morgan fingerprint density at radius 1 is 1.21 bits per heavy atom. The van der Waals surface area contributed by atoms with Crippen LogP contribution in [0.4, 0.5) is 0 Å². The smallest absolute Gasteiger partial charge is 0.498 e. The highest BCUT2D eigenvalue weighted by atomic mass is 16.6. The zero-order chi connectivity index (χ0) is 10.1. The molecular weight excluding hydrogens is 185 g/mol. The van der Waals surface area contributed by atoms with Crippen molar-refractivity contribution in [2.75, 3.05) is 20.1 Å². The van der Waals surface area contributed by atoms with E-state index in [0.717, 1.165) is 12.8 Å². The molecule has 5 nitrogen and oxygen atoms in total. The summed E-state index contributed by atoms with van der Waals surface area (Å²) in [5.74, 6) is -0.417. The van der Waals surface area contributed by atoms with E-state index in [0.29, 0.717) is 0 Å². The van der Waals surface area contributed by atoms with Gasteiger partial charge < -0.3 is 9.31 Å². The Kier molecular flexibility index (Phi) is 2.45. The third-order valence-electron chi connectivity index (χ3n) is 2.30. The van der Waals surface area contributed by atoms with Crippen molar-refractivity contribution >= 4 is 19.1 Å². The number of likely N-dealkylation sites (N-methyl/N-ethyl adjacent to an activating group) is 1. The standard InChI is InChI=1S/C8H12BNO4/c1-10-4-7(11)13-9(6-2-3-6)14-8(12)5-10/h6H,2-5H2,1H3. The number of nitrogens with zero attached hydrogens (tertiary/aromatic N) is 1. The van der Waals surface area contributed by atoms with Crippen LogP contribution in [-0.2, 0) is 18.9 Å². The molecule has 2 rings (SSSR count). The van der Waals surface area contributed by atoms with Crippen molar-refractivity contribution < 1.29 is 18.9 Å². The summed E-state index contributed by atoms with van der Waals surface area (Å²) in [4.78, 5) is 24.1. The summed E-state index contributed by atoms with van der Waals surface area (Å²) in [7, 11) is 1.05. The van der Waals surface area contributed by atoms with E-state index in [1.807, 2.05) is 0 Å². The molecule has 0 amide bonds. The minimum absolute atomic E-state index is 0.151. The maximum Gasteiger partial charge on any atom is 0.601 e. The summed E-state index contributed by atoms with van der Waals surface area (Å²) in [5.41, 5.74) is 0. The highest BCUT2D eigenvalue weighted by molar-refractivity contribution is 6.51. The molecule has 0 N–H and O–H groups in total. The van der Waals surface area contributed by atoms with Crippen LogP contribution in [0.2, 0.25) is 5.82 Å². The fraction of sp³-hybridized carbons (Fsp3) is 0.750. The first-order chi connectivity index (χ1) is 6.65. The van der Waals surface area contributed by atoms with Gasteiger partial charge >= 0.3 is 19.1 Å². The molecule has 1 saturated heterocycles. The molecule has 0 bridgehead atoms. The van der Waals surface area contributed by atoms with Gasteiger partial charge in [0.25, 0.3) is 0 Å². The highest BCUT2D eigenvalue weighted by Crippen LogP contribution is 2.40. The first kappa shape index (κ1) is 9.52. The van der Waals surface area contributed by atoms with Gasteiger partial charge in [-0.15, -0.1) is 0 Å². The number of rotatable bonds is 1. The average molecular weight is 197 g/mol. The SMILES string of the molecule is CN1CC(=O)OB(C2CC2)OC(=O)C1. The van der Waals surface area contributed by atoms with Gasteiger partial charge in [-0.3, -0.25) is 14.5 Å². The van der Waals surface area contributed by atoms with Crippen LogP contribution < -0.4 is 0 Å². The van der Waals surface area contributed by atoms with Gasteiger partial charge in [-0.05, 0) is 19.9 Å². The molecule has 1 aliphatic heterocycles. The van der Waals surface area contributed by atoms with Crippen molar-refractivity contribution in [2.45, 2.75) is 18.7 Å². The van der Waals surface area contributed by atoms with Crippen molar-refractivity contribution in [3.05, 3.63) is 0 Å². The van der Waals surface area contributed by atoms with Crippen LogP contribution in [0.5, 0.6) is 0 Å². The fourth-order valence-electron chi connectivity index (χ4n) is 1.42. The second kappa shape index (κ2) is 3.61. The van der Waals surface area contributed by atoms with Crippen LogP contribution >= 0.6 is 0 Å². The molecule has 0 aromatic rings. The van der Waals surface area contributed by atoms with Crippen molar-refractivity contribution in [2.24, 2.45) is 0 Å². The Balaban J connectivity index is 1.99. The highest BCUT2D eigenvalue weighted by Gasteiger charge is 2.45. The molecule has 2 fully saturated rings. The predicted octanol–water partition coefficient (Wildman–Crippen LogP) is -0.330. The van der Waals surface area contributed by atoms with E-state index in [1.54, 1.807) is 11.9 Å². The Labute approximate surface area is 82.5 Å². The molecular formula is C8H12BNO4. The van der Waals surface area contributed by atoms with Gasteiger partial charge in [0.1, 0.15) is 0 Å². The van der Waals surface area contributed by atoms with E-state index in [-0.39, 0.29) is 30.8 Å². The lowest BCUT2D eigenvalue weighted by Crippen LogP contribution is -2.42. The molecule has 2 aliphatic rings. The average Bonchev–Trinajstić information content (AvgIpc) is 2.81. The molecule has 1 saturated carbocycles. The zero-order valence-electron chi connectivity index (χ0n) is 8.06. The van der Waals surface area contributed by atoms with Crippen molar-refractivity contribution in [1.82, 2.24) is 4.90 Å². The first-order valence-corrected chi connectivity index (χ1v) is 4.72. The molecule has 1 heterocycles. The van der Waals surface area contributed by atoms with Gasteiger partial charge in [0.15, 0.2) is 0 Å². The summed E-state index contributed by atoms with van der Waals surface area (Å²) in [5, 5.41) is 0. The van der Waals surface area contributed by atoms with Gasteiger partial charge in [0.2, 0.25) is 0 Å². The van der Waals surface area contributed by atoms with E-state index >= 15 is 0 Å². The summed E-state index contributed by atoms with van der Waals surface area (Å²) >= 11 is 0. The van der Waals surface area contributed by atoms with Crippen molar-refractivity contribution in [3.8, 4) is 0 Å². The van der Waals surface area contributed by atoms with E-state index in [2.05, 4.69) is 0 Å². The minimum atomic E-state index is -0.635. The van der Waals surface area contributed by atoms with Crippen LogP contribution in [0, 0.1) is 0 Å². The van der Waals surface area contributed by atoms with Crippen LogP contribution in [0.1, 0.15) is 12.8 Å². The quantitative estimate of drug-likeness (QED) is 0.538. The maximum absolute atomic E-state index is 11.2. The van der Waals surface area contributed by atoms with Gasteiger partial charge in [0.05, 0.1) is 13.1 Å². The van der Waals surface area contributed by atoms with Crippen LogP contribution in [0.25, 0.3) is 0 Å². The molecule has 0 aromatic carbocycles. The third kappa shape index (κ3) is 2.26. The maximum atomic E-state index is 11.2. The van der Waals surface area contributed by atoms with Gasteiger partial charge in [0, 0.05) is 5.82 Å². The van der Waals surface area contributed by atoms with Crippen molar-refractivity contribution in [1.29, 1.82) is 0 Å². The Morgan fingerprint density at radius 3 is 2.14 bits per heavy atom. The molecule has 0 atom stereocenters. The Hall–Kier alpha value is -1.04. The van der Waals surface area contributed by atoms with E-state index < -0.39 is 7.12 Å². The lowest BCUT2D eigenvalue weighted by Gasteiger charge is -2.22. The Bertz CT molecular complexity index is 246. The minimum Gasteiger partial charge on any atom is -0.498 e. The summed E-state index contributed by atoms with van der Waals surface area (Å²) < 4.78 is 10.1. The summed E-state index contributed by atoms with van der Waals surface area (Å²) in [6.45, 7) is 0.302. The van der Waals surface area contributed by atoms with Gasteiger partial charge in [-0.25, -0.2) is 0 Å². The molecule has 0 aromatic heterocycles. The van der Waals surface area contributed by atoms with Crippen molar-refractivity contribution in [3.63, 3.8) is 0 Å². The number of carbonyl (C=O) groups is 2. The molecule has 0 unspecified atom stereocenters. The third-order valence-corrected chi connectivity index (χ3v) is 2.30. The molecule has 1 aliphatic carbocycles. The first-order valence-electron chi connectivity index (χ1n) is 4.72. The topological polar surface area (TPSA) is 55.8 Å². The lowest BCUT2D eigenvalue weighted by molar-refractivity contribution is -0.145. The van der Waals surface area contributed by atoms with E-state index in [1.165, 1.54) is 0 Å². The second-order valence-corrected chi connectivity index (χ2v) is 3.86. The number of hydrogen-bond donors (Lipinski definition) is 0. The summed E-state index contributed by atoms with van der Waals surface area (Å²) in [6.07, 6.45) is 1.95. The second-order valence-electron chi connectivity index (χ2n) is 3.86. The molecule has 14 heavy (non-hydrogen) atoms. The van der Waals surface area contributed by atoms with Crippen LogP contribution in [-0.4, -0.2) is 44.1 Å². The van der Waals surface area contributed by atoms with E-state index in [4.69, 9.17) is 9.31 Å². The van der Waals surface area contributed by atoms with E-state index in [9.17, 15) is 9.59 Å². The number of carbonyl (C=O) groups excluding carboxylic acids is 2. The molecule has 76 valence electrons.